The van der Waals surface area contributed by atoms with Crippen molar-refractivity contribution in [2.75, 3.05) is 18.5 Å². The van der Waals surface area contributed by atoms with Crippen molar-refractivity contribution in [3.05, 3.63) is 59.3 Å². The molecule has 0 fully saturated rings. The summed E-state index contributed by atoms with van der Waals surface area (Å²) in [5, 5.41) is 18.2. The van der Waals surface area contributed by atoms with Crippen molar-refractivity contribution in [3.8, 4) is 17.2 Å². The zero-order chi connectivity index (χ0) is 21.7. The fraction of sp³-hybridized carbons (Fsp3) is 0.273. The summed E-state index contributed by atoms with van der Waals surface area (Å²) in [5.74, 6) is 0.622. The molecule has 0 saturated heterocycles. The van der Waals surface area contributed by atoms with Gasteiger partial charge in [-0.3, -0.25) is 4.79 Å². The standard InChI is InChI=1S/C22H25N3O5/c1-4-29-16-9-7-15(8-10-16)24-21(27)19-13(3)23-22(28)25-20(19)14-6-11-17(26)18(12-14)30-5-2/h6-12,20,26H,4-5H2,1-3H3,(H,24,27)(H2,23,25,28)/t20-/m0/s1. The van der Waals surface area contributed by atoms with Gasteiger partial charge in [-0.1, -0.05) is 6.07 Å². The summed E-state index contributed by atoms with van der Waals surface area (Å²) in [6.45, 7) is 6.30. The molecule has 0 unspecified atom stereocenters. The number of ether oxygens (including phenoxy) is 2. The van der Waals surface area contributed by atoms with Crippen molar-refractivity contribution in [3.63, 3.8) is 0 Å². The molecule has 1 heterocycles. The Hall–Kier alpha value is -3.68. The first-order valence-electron chi connectivity index (χ1n) is 9.71. The number of nitrogens with one attached hydrogen (secondary N) is 3. The van der Waals surface area contributed by atoms with Crippen LogP contribution in [0.3, 0.4) is 0 Å². The third-order valence-corrected chi connectivity index (χ3v) is 4.55. The third-order valence-electron chi connectivity index (χ3n) is 4.55. The number of urea groups is 1. The Morgan fingerprint density at radius 2 is 1.80 bits per heavy atom. The SMILES string of the molecule is CCOc1ccc(NC(=O)C2=C(C)NC(=O)N[C@H]2c2ccc(O)c(OCC)c2)cc1. The first kappa shape index (κ1) is 21.0. The zero-order valence-electron chi connectivity index (χ0n) is 17.1. The van der Waals surface area contributed by atoms with Gasteiger partial charge in [-0.05, 0) is 62.7 Å². The predicted molar refractivity (Wildman–Crippen MR) is 113 cm³/mol. The lowest BCUT2D eigenvalue weighted by molar-refractivity contribution is -0.113. The van der Waals surface area contributed by atoms with Crippen LogP contribution in [0.15, 0.2) is 53.7 Å². The maximum atomic E-state index is 13.1. The quantitative estimate of drug-likeness (QED) is 0.558. The topological polar surface area (TPSA) is 109 Å². The van der Waals surface area contributed by atoms with Crippen LogP contribution in [0.2, 0.25) is 0 Å². The van der Waals surface area contributed by atoms with Crippen LogP contribution in [-0.4, -0.2) is 30.3 Å². The minimum Gasteiger partial charge on any atom is -0.504 e. The van der Waals surface area contributed by atoms with Gasteiger partial charge in [0.1, 0.15) is 5.75 Å². The highest BCUT2D eigenvalue weighted by Gasteiger charge is 2.31. The molecule has 158 valence electrons. The average molecular weight is 411 g/mol. The van der Waals surface area contributed by atoms with Gasteiger partial charge in [-0.2, -0.15) is 0 Å². The number of hydrogen-bond acceptors (Lipinski definition) is 5. The molecule has 1 aliphatic heterocycles. The van der Waals surface area contributed by atoms with Crippen LogP contribution >= 0.6 is 0 Å². The van der Waals surface area contributed by atoms with E-state index in [1.807, 2.05) is 6.92 Å². The monoisotopic (exact) mass is 411 g/mol. The Morgan fingerprint density at radius 3 is 2.47 bits per heavy atom. The number of benzene rings is 2. The second kappa shape index (κ2) is 9.21. The average Bonchev–Trinajstić information content (AvgIpc) is 2.71. The van der Waals surface area contributed by atoms with E-state index in [4.69, 9.17) is 9.47 Å². The van der Waals surface area contributed by atoms with Crippen LogP contribution in [0.5, 0.6) is 17.2 Å². The van der Waals surface area contributed by atoms with Gasteiger partial charge in [-0.25, -0.2) is 4.79 Å². The fourth-order valence-electron chi connectivity index (χ4n) is 3.23. The van der Waals surface area contributed by atoms with Gasteiger partial charge in [-0.15, -0.1) is 0 Å². The molecule has 8 heteroatoms. The van der Waals surface area contributed by atoms with E-state index in [9.17, 15) is 14.7 Å². The molecule has 8 nitrogen and oxygen atoms in total. The van der Waals surface area contributed by atoms with Crippen LogP contribution in [0.25, 0.3) is 0 Å². The molecule has 3 amide bonds. The Kier molecular flexibility index (Phi) is 6.46. The molecule has 0 aliphatic carbocycles. The van der Waals surface area contributed by atoms with Crippen molar-refractivity contribution in [1.82, 2.24) is 10.6 Å². The van der Waals surface area contributed by atoms with E-state index in [0.29, 0.717) is 41.5 Å². The first-order valence-corrected chi connectivity index (χ1v) is 9.71. The Bertz CT molecular complexity index is 969. The van der Waals surface area contributed by atoms with Gasteiger partial charge in [0.05, 0.1) is 24.8 Å². The summed E-state index contributed by atoms with van der Waals surface area (Å²) >= 11 is 0. The molecular formula is C22H25N3O5. The molecule has 2 aromatic carbocycles. The highest BCUT2D eigenvalue weighted by atomic mass is 16.5. The molecule has 0 spiro atoms. The Labute approximate surface area is 174 Å². The van der Waals surface area contributed by atoms with Gasteiger partial charge >= 0.3 is 6.03 Å². The van der Waals surface area contributed by atoms with Crippen molar-refractivity contribution in [2.24, 2.45) is 0 Å². The molecule has 0 bridgehead atoms. The number of anilines is 1. The van der Waals surface area contributed by atoms with Crippen LogP contribution in [0.1, 0.15) is 32.4 Å². The molecule has 2 aromatic rings. The second-order valence-electron chi connectivity index (χ2n) is 6.64. The smallest absolute Gasteiger partial charge is 0.319 e. The number of rotatable bonds is 7. The van der Waals surface area contributed by atoms with Crippen LogP contribution in [-0.2, 0) is 4.79 Å². The third kappa shape index (κ3) is 4.65. The lowest BCUT2D eigenvalue weighted by Crippen LogP contribution is -2.45. The number of allylic oxidation sites excluding steroid dienone is 1. The van der Waals surface area contributed by atoms with Crippen LogP contribution in [0, 0.1) is 0 Å². The predicted octanol–water partition coefficient (Wildman–Crippen LogP) is 3.46. The molecule has 0 aromatic heterocycles. The van der Waals surface area contributed by atoms with Crippen molar-refractivity contribution in [1.29, 1.82) is 0 Å². The van der Waals surface area contributed by atoms with Gasteiger partial charge in [0.25, 0.3) is 5.91 Å². The second-order valence-corrected chi connectivity index (χ2v) is 6.64. The largest absolute Gasteiger partial charge is 0.504 e. The minimum atomic E-state index is -0.707. The summed E-state index contributed by atoms with van der Waals surface area (Å²) < 4.78 is 10.9. The van der Waals surface area contributed by atoms with E-state index in [1.54, 1.807) is 50.2 Å². The highest BCUT2D eigenvalue weighted by molar-refractivity contribution is 6.06. The number of carbonyl (C=O) groups excluding carboxylic acids is 2. The van der Waals surface area contributed by atoms with Gasteiger partial charge in [0, 0.05) is 11.4 Å². The molecular weight excluding hydrogens is 386 g/mol. The zero-order valence-corrected chi connectivity index (χ0v) is 17.1. The fourth-order valence-corrected chi connectivity index (χ4v) is 3.23. The van der Waals surface area contributed by atoms with Crippen molar-refractivity contribution >= 4 is 17.6 Å². The lowest BCUT2D eigenvalue weighted by atomic mass is 9.94. The number of hydrogen-bond donors (Lipinski definition) is 4. The van der Waals surface area contributed by atoms with E-state index < -0.39 is 12.1 Å². The number of phenolic OH excluding ortho intramolecular Hbond substituents is 1. The molecule has 3 rings (SSSR count). The van der Waals surface area contributed by atoms with Gasteiger partial charge < -0.3 is 30.5 Å². The maximum absolute atomic E-state index is 13.1. The number of carbonyl (C=O) groups is 2. The summed E-state index contributed by atoms with van der Waals surface area (Å²) in [6, 6.07) is 10.7. The van der Waals surface area contributed by atoms with Crippen LogP contribution < -0.4 is 25.4 Å². The first-order chi connectivity index (χ1) is 14.4. The Balaban J connectivity index is 1.89. The van der Waals surface area contributed by atoms with Gasteiger partial charge in [0.15, 0.2) is 11.5 Å². The summed E-state index contributed by atoms with van der Waals surface area (Å²) in [6.07, 6.45) is 0. The minimum absolute atomic E-state index is 0.0121. The summed E-state index contributed by atoms with van der Waals surface area (Å²) in [7, 11) is 0. The molecule has 0 radical (unpaired) electrons. The van der Waals surface area contributed by atoms with E-state index >= 15 is 0 Å². The van der Waals surface area contributed by atoms with E-state index in [-0.39, 0.29) is 17.4 Å². The molecule has 30 heavy (non-hydrogen) atoms. The Morgan fingerprint density at radius 1 is 1.10 bits per heavy atom. The number of amides is 3. The van der Waals surface area contributed by atoms with Crippen LogP contribution in [0.4, 0.5) is 10.5 Å². The number of aromatic hydroxyl groups is 1. The van der Waals surface area contributed by atoms with Crippen molar-refractivity contribution in [2.45, 2.75) is 26.8 Å². The van der Waals surface area contributed by atoms with E-state index in [1.165, 1.54) is 6.07 Å². The molecule has 1 aliphatic rings. The highest BCUT2D eigenvalue weighted by Crippen LogP contribution is 2.34. The molecule has 0 saturated carbocycles. The lowest BCUT2D eigenvalue weighted by Gasteiger charge is -2.29. The molecule has 1 atom stereocenters. The molecule has 4 N–H and O–H groups in total. The van der Waals surface area contributed by atoms with Crippen molar-refractivity contribution < 1.29 is 24.2 Å². The van der Waals surface area contributed by atoms with Gasteiger partial charge in [0.2, 0.25) is 0 Å². The van der Waals surface area contributed by atoms with E-state index in [2.05, 4.69) is 16.0 Å². The number of phenols is 1. The van der Waals surface area contributed by atoms with E-state index in [0.717, 1.165) is 0 Å². The summed E-state index contributed by atoms with van der Waals surface area (Å²) in [4.78, 5) is 25.2. The summed E-state index contributed by atoms with van der Waals surface area (Å²) in [5.41, 5.74) is 2.01. The maximum Gasteiger partial charge on any atom is 0.319 e. The normalized spacial score (nSPS) is 15.8.